The monoisotopic (exact) mass is 520 g/mol. The van der Waals surface area contributed by atoms with Crippen molar-refractivity contribution in [3.63, 3.8) is 0 Å². The Morgan fingerprint density at radius 1 is 0.865 bits per heavy atom. The molecule has 2 aliphatic rings. The lowest BCUT2D eigenvalue weighted by Gasteiger charge is -2.34. The predicted molar refractivity (Wildman–Crippen MR) is 128 cm³/mol. The summed E-state index contributed by atoms with van der Waals surface area (Å²) in [6.45, 7) is 1.68. The van der Waals surface area contributed by atoms with Crippen molar-refractivity contribution in [3.8, 4) is 16.9 Å². The molecule has 2 N–H and O–H groups in total. The fourth-order valence-corrected chi connectivity index (χ4v) is 5.17. The van der Waals surface area contributed by atoms with Crippen LogP contribution in [-0.2, 0) is 25.3 Å². The maximum absolute atomic E-state index is 13.5. The standard InChI is InChI=1S/C28H26F6N2O/c29-27(30,31)22-13-20(14-23(15-22)28(32,33)34)19-11-18-8-10-37-26(18)21(12-19)16-36-24-7-4-9-35-25(24)17-5-2-1-3-6-17/h1-3,5-6,11-15,24-25,35-36H,4,7-10,16H2/t24-,25-/m0/s1. The predicted octanol–water partition coefficient (Wildman–Crippen LogP) is 6.91. The second-order valence-electron chi connectivity index (χ2n) is 9.49. The molecule has 37 heavy (non-hydrogen) atoms. The molecule has 0 amide bonds. The molecule has 2 aliphatic heterocycles. The van der Waals surface area contributed by atoms with E-state index in [1.165, 1.54) is 0 Å². The minimum absolute atomic E-state index is 0.0879. The van der Waals surface area contributed by atoms with Gasteiger partial charge in [-0.1, -0.05) is 30.3 Å². The van der Waals surface area contributed by atoms with E-state index in [1.807, 2.05) is 18.2 Å². The average molecular weight is 521 g/mol. The Balaban J connectivity index is 1.48. The van der Waals surface area contributed by atoms with Gasteiger partial charge in [0, 0.05) is 30.6 Å². The normalized spacial score (nSPS) is 19.9. The van der Waals surface area contributed by atoms with Gasteiger partial charge in [0.1, 0.15) is 5.75 Å². The van der Waals surface area contributed by atoms with Gasteiger partial charge in [-0.2, -0.15) is 26.3 Å². The zero-order valence-corrected chi connectivity index (χ0v) is 19.8. The Morgan fingerprint density at radius 3 is 2.22 bits per heavy atom. The molecule has 2 atom stereocenters. The summed E-state index contributed by atoms with van der Waals surface area (Å²) in [5.41, 5.74) is 0.174. The molecule has 0 saturated carbocycles. The van der Waals surface area contributed by atoms with E-state index in [0.29, 0.717) is 36.4 Å². The van der Waals surface area contributed by atoms with Gasteiger partial charge in [-0.15, -0.1) is 0 Å². The van der Waals surface area contributed by atoms with Crippen molar-refractivity contribution < 1.29 is 31.1 Å². The molecule has 0 bridgehead atoms. The van der Waals surface area contributed by atoms with Gasteiger partial charge in [-0.3, -0.25) is 0 Å². The molecule has 3 aromatic carbocycles. The minimum Gasteiger partial charge on any atom is -0.493 e. The summed E-state index contributed by atoms with van der Waals surface area (Å²) in [6.07, 6.45) is -7.35. The molecule has 0 spiro atoms. The highest BCUT2D eigenvalue weighted by molar-refractivity contribution is 5.70. The largest absolute Gasteiger partial charge is 0.493 e. The third kappa shape index (κ3) is 5.62. The number of rotatable bonds is 5. The number of halogens is 6. The van der Waals surface area contributed by atoms with E-state index in [0.717, 1.165) is 42.6 Å². The lowest BCUT2D eigenvalue weighted by Crippen LogP contribution is -2.45. The Labute approximate surface area is 210 Å². The van der Waals surface area contributed by atoms with Gasteiger partial charge in [0.2, 0.25) is 0 Å². The molecule has 3 nitrogen and oxygen atoms in total. The SMILES string of the molecule is FC(F)(F)c1cc(-c2cc3c(c(CN[C@H]4CCCN[C@H]4c4ccccc4)c2)OCC3)cc(C(F)(F)F)c1. The molecular formula is C28H26F6N2O. The van der Waals surface area contributed by atoms with Crippen LogP contribution in [0.2, 0.25) is 0 Å². The molecular weight excluding hydrogens is 494 g/mol. The van der Waals surface area contributed by atoms with Crippen LogP contribution in [-0.4, -0.2) is 19.2 Å². The summed E-state index contributed by atoms with van der Waals surface area (Å²) in [5, 5.41) is 7.11. The van der Waals surface area contributed by atoms with Crippen LogP contribution in [0.1, 0.15) is 46.7 Å². The molecule has 9 heteroatoms. The van der Waals surface area contributed by atoms with Crippen LogP contribution >= 0.6 is 0 Å². The maximum atomic E-state index is 13.5. The van der Waals surface area contributed by atoms with Gasteiger partial charge >= 0.3 is 12.4 Å². The van der Waals surface area contributed by atoms with Crippen molar-refractivity contribution in [1.82, 2.24) is 10.6 Å². The fraction of sp³-hybridized carbons (Fsp3) is 0.357. The van der Waals surface area contributed by atoms with Crippen LogP contribution in [0.25, 0.3) is 11.1 Å². The van der Waals surface area contributed by atoms with Gasteiger partial charge < -0.3 is 15.4 Å². The van der Waals surface area contributed by atoms with Crippen LogP contribution in [0.5, 0.6) is 5.75 Å². The highest BCUT2D eigenvalue weighted by Crippen LogP contribution is 2.41. The van der Waals surface area contributed by atoms with Crippen LogP contribution in [0.4, 0.5) is 26.3 Å². The highest BCUT2D eigenvalue weighted by Gasteiger charge is 2.37. The number of benzene rings is 3. The highest BCUT2D eigenvalue weighted by atomic mass is 19.4. The number of piperidine rings is 1. The second-order valence-corrected chi connectivity index (χ2v) is 9.49. The van der Waals surface area contributed by atoms with E-state index in [4.69, 9.17) is 4.74 Å². The van der Waals surface area contributed by atoms with Gasteiger partial charge in [0.15, 0.2) is 0 Å². The summed E-state index contributed by atoms with van der Waals surface area (Å²) in [6, 6.07) is 15.2. The summed E-state index contributed by atoms with van der Waals surface area (Å²) >= 11 is 0. The third-order valence-electron chi connectivity index (χ3n) is 6.95. The van der Waals surface area contributed by atoms with Gasteiger partial charge in [0.25, 0.3) is 0 Å². The molecule has 0 aliphatic carbocycles. The number of alkyl halides is 6. The smallest absolute Gasteiger partial charge is 0.416 e. The summed E-state index contributed by atoms with van der Waals surface area (Å²) in [4.78, 5) is 0. The van der Waals surface area contributed by atoms with Crippen LogP contribution in [0.15, 0.2) is 60.7 Å². The van der Waals surface area contributed by atoms with Crippen molar-refractivity contribution >= 4 is 0 Å². The van der Waals surface area contributed by atoms with E-state index >= 15 is 0 Å². The first-order chi connectivity index (χ1) is 17.6. The van der Waals surface area contributed by atoms with E-state index in [9.17, 15) is 26.3 Å². The molecule has 3 aromatic rings. The molecule has 0 unspecified atom stereocenters. The van der Waals surface area contributed by atoms with Crippen LogP contribution in [0, 0.1) is 0 Å². The maximum Gasteiger partial charge on any atom is 0.416 e. The van der Waals surface area contributed by atoms with Crippen molar-refractivity contribution in [2.45, 2.75) is 50.2 Å². The number of hydrogen-bond donors (Lipinski definition) is 2. The van der Waals surface area contributed by atoms with E-state index in [2.05, 4.69) is 22.8 Å². The van der Waals surface area contributed by atoms with Crippen LogP contribution < -0.4 is 15.4 Å². The minimum atomic E-state index is -4.90. The second kappa shape index (κ2) is 10.0. The van der Waals surface area contributed by atoms with Gasteiger partial charge in [-0.05, 0) is 72.0 Å². The number of hydrogen-bond acceptors (Lipinski definition) is 3. The van der Waals surface area contributed by atoms with Crippen molar-refractivity contribution in [2.75, 3.05) is 13.2 Å². The number of fused-ring (bicyclic) bond motifs is 1. The molecule has 5 rings (SSSR count). The van der Waals surface area contributed by atoms with Crippen molar-refractivity contribution in [2.24, 2.45) is 0 Å². The van der Waals surface area contributed by atoms with E-state index in [1.54, 1.807) is 12.1 Å². The Hall–Kier alpha value is -3.04. The number of nitrogens with one attached hydrogen (secondary N) is 2. The first-order valence-corrected chi connectivity index (χ1v) is 12.2. The van der Waals surface area contributed by atoms with Crippen molar-refractivity contribution in [3.05, 3.63) is 88.5 Å². The Morgan fingerprint density at radius 2 is 1.54 bits per heavy atom. The zero-order valence-electron chi connectivity index (χ0n) is 19.8. The first-order valence-electron chi connectivity index (χ1n) is 12.2. The Bertz CT molecular complexity index is 1220. The van der Waals surface area contributed by atoms with Crippen LogP contribution in [0.3, 0.4) is 0 Å². The summed E-state index contributed by atoms with van der Waals surface area (Å²) < 4.78 is 86.5. The molecule has 1 fully saturated rings. The van der Waals surface area contributed by atoms with Gasteiger partial charge in [0.05, 0.1) is 17.7 Å². The summed E-state index contributed by atoms with van der Waals surface area (Å²) in [5.74, 6) is 0.652. The topological polar surface area (TPSA) is 33.3 Å². The lowest BCUT2D eigenvalue weighted by atomic mass is 9.91. The molecule has 196 valence electrons. The molecule has 2 heterocycles. The van der Waals surface area contributed by atoms with Gasteiger partial charge in [-0.25, -0.2) is 0 Å². The van der Waals surface area contributed by atoms with E-state index in [-0.39, 0.29) is 23.7 Å². The summed E-state index contributed by atoms with van der Waals surface area (Å²) in [7, 11) is 0. The zero-order chi connectivity index (χ0) is 26.2. The first kappa shape index (κ1) is 25.6. The van der Waals surface area contributed by atoms with E-state index < -0.39 is 23.5 Å². The molecule has 0 aromatic heterocycles. The van der Waals surface area contributed by atoms with Crippen molar-refractivity contribution in [1.29, 1.82) is 0 Å². The average Bonchev–Trinajstić information content (AvgIpc) is 3.36. The molecule has 0 radical (unpaired) electrons. The third-order valence-corrected chi connectivity index (χ3v) is 6.95. The fourth-order valence-electron chi connectivity index (χ4n) is 5.17. The Kier molecular flexibility index (Phi) is 6.93. The quantitative estimate of drug-likeness (QED) is 0.359. The molecule has 1 saturated heterocycles. The number of ether oxygens (including phenoxy) is 1. The lowest BCUT2D eigenvalue weighted by molar-refractivity contribution is -0.143.